The van der Waals surface area contributed by atoms with E-state index in [9.17, 15) is 0 Å². The summed E-state index contributed by atoms with van der Waals surface area (Å²) in [6.45, 7) is 2.11. The van der Waals surface area contributed by atoms with E-state index in [1.807, 2.05) is 12.1 Å². The van der Waals surface area contributed by atoms with Crippen molar-refractivity contribution in [3.05, 3.63) is 46.0 Å². The van der Waals surface area contributed by atoms with Crippen LogP contribution in [-0.4, -0.2) is 6.04 Å². The van der Waals surface area contributed by atoms with Crippen molar-refractivity contribution in [3.63, 3.8) is 0 Å². The molecule has 0 saturated heterocycles. The molecular weight excluding hydrogens is 246 g/mol. The lowest BCUT2D eigenvalue weighted by Crippen LogP contribution is -2.15. The molecule has 4 heteroatoms. The first-order valence-corrected chi connectivity index (χ1v) is 7.18. The number of hydrogen-bond donors (Lipinski definition) is 1. The second-order valence-corrected chi connectivity index (χ2v) is 5.63. The van der Waals surface area contributed by atoms with E-state index in [4.69, 9.17) is 9.15 Å². The molecule has 0 amide bonds. The minimum absolute atomic E-state index is 0.621. The molecule has 1 N–H and O–H groups in total. The van der Waals surface area contributed by atoms with Crippen LogP contribution < -0.4 is 5.32 Å². The van der Waals surface area contributed by atoms with Crippen LogP contribution in [0.5, 0.6) is 0 Å². The van der Waals surface area contributed by atoms with E-state index in [2.05, 4.69) is 16.8 Å². The third kappa shape index (κ3) is 3.22. The van der Waals surface area contributed by atoms with Crippen molar-refractivity contribution in [2.45, 2.75) is 38.6 Å². The highest BCUT2D eigenvalue weighted by molar-refractivity contribution is 7.09. The molecule has 0 bridgehead atoms. The fraction of sp³-hybridized carbons (Fsp3) is 0.429. The minimum Gasteiger partial charge on any atom is -0.468 e. The van der Waals surface area contributed by atoms with E-state index in [1.165, 1.54) is 17.7 Å². The summed E-state index contributed by atoms with van der Waals surface area (Å²) in [4.78, 5) is 1.26. The fourth-order valence-electron chi connectivity index (χ4n) is 1.83. The summed E-state index contributed by atoms with van der Waals surface area (Å²) in [5.74, 6) is 1.01. The lowest BCUT2D eigenvalue weighted by molar-refractivity contribution is 0.108. The standard InChI is InChI=1S/C14H17NO2S/c1-2-13(18-7-1)10-16-9-11-5-6-17-14(11)8-15-12-3-4-12/h1-2,5-7,12,15H,3-4,8-10H2. The molecule has 2 aromatic heterocycles. The van der Waals surface area contributed by atoms with Gasteiger partial charge in [-0.25, -0.2) is 0 Å². The number of hydrogen-bond acceptors (Lipinski definition) is 4. The highest BCUT2D eigenvalue weighted by Crippen LogP contribution is 2.21. The van der Waals surface area contributed by atoms with Gasteiger partial charge >= 0.3 is 0 Å². The Morgan fingerprint density at radius 1 is 1.33 bits per heavy atom. The Morgan fingerprint density at radius 2 is 2.28 bits per heavy atom. The normalized spacial score (nSPS) is 15.1. The van der Waals surface area contributed by atoms with Gasteiger partial charge in [-0.05, 0) is 30.4 Å². The third-order valence-corrected chi connectivity index (χ3v) is 3.90. The van der Waals surface area contributed by atoms with Gasteiger partial charge in [0, 0.05) is 16.5 Å². The van der Waals surface area contributed by atoms with Gasteiger partial charge in [0.2, 0.25) is 0 Å². The molecule has 3 nitrogen and oxygen atoms in total. The van der Waals surface area contributed by atoms with Crippen molar-refractivity contribution in [3.8, 4) is 0 Å². The van der Waals surface area contributed by atoms with Gasteiger partial charge < -0.3 is 14.5 Å². The zero-order valence-electron chi connectivity index (χ0n) is 10.2. The summed E-state index contributed by atoms with van der Waals surface area (Å²) in [5.41, 5.74) is 1.15. The third-order valence-electron chi connectivity index (χ3n) is 3.05. The van der Waals surface area contributed by atoms with Gasteiger partial charge in [-0.15, -0.1) is 11.3 Å². The highest BCUT2D eigenvalue weighted by atomic mass is 32.1. The molecule has 96 valence electrons. The minimum atomic E-state index is 0.621. The molecule has 0 atom stereocenters. The number of ether oxygens (including phenoxy) is 1. The first-order chi connectivity index (χ1) is 8.92. The van der Waals surface area contributed by atoms with Crippen LogP contribution in [-0.2, 0) is 24.5 Å². The van der Waals surface area contributed by atoms with Gasteiger partial charge in [0.1, 0.15) is 5.76 Å². The molecular formula is C14H17NO2S. The summed E-state index contributed by atoms with van der Waals surface area (Å²) in [6, 6.07) is 6.84. The van der Waals surface area contributed by atoms with Crippen molar-refractivity contribution in [2.24, 2.45) is 0 Å². The Hall–Kier alpha value is -1.10. The summed E-state index contributed by atoms with van der Waals surface area (Å²) >= 11 is 1.73. The molecule has 1 fully saturated rings. The van der Waals surface area contributed by atoms with Crippen LogP contribution in [0.2, 0.25) is 0 Å². The average molecular weight is 263 g/mol. The summed E-state index contributed by atoms with van der Waals surface area (Å²) < 4.78 is 11.2. The fourth-order valence-corrected chi connectivity index (χ4v) is 2.47. The van der Waals surface area contributed by atoms with Gasteiger partial charge in [-0.3, -0.25) is 0 Å². The Kier molecular flexibility index (Phi) is 3.78. The highest BCUT2D eigenvalue weighted by Gasteiger charge is 2.21. The zero-order chi connectivity index (χ0) is 12.2. The maximum Gasteiger partial charge on any atom is 0.123 e. The molecule has 1 aliphatic rings. The lowest BCUT2D eigenvalue weighted by atomic mass is 10.2. The Bertz CT molecular complexity index is 474. The summed E-state index contributed by atoms with van der Waals surface area (Å²) in [6.07, 6.45) is 4.34. The number of nitrogens with one attached hydrogen (secondary N) is 1. The molecule has 0 spiro atoms. The smallest absolute Gasteiger partial charge is 0.123 e. The molecule has 0 aliphatic heterocycles. The SMILES string of the molecule is c1csc(COCc2ccoc2CNC2CC2)c1. The Balaban J connectivity index is 1.47. The monoisotopic (exact) mass is 263 g/mol. The molecule has 1 aliphatic carbocycles. The molecule has 2 heterocycles. The molecule has 1 saturated carbocycles. The van der Waals surface area contributed by atoms with Crippen LogP contribution in [0, 0.1) is 0 Å². The van der Waals surface area contributed by atoms with Gasteiger partial charge in [-0.2, -0.15) is 0 Å². The predicted molar refractivity (Wildman–Crippen MR) is 71.4 cm³/mol. The largest absolute Gasteiger partial charge is 0.468 e. The van der Waals surface area contributed by atoms with Gasteiger partial charge in [0.15, 0.2) is 0 Å². The van der Waals surface area contributed by atoms with Gasteiger partial charge in [0.25, 0.3) is 0 Å². The van der Waals surface area contributed by atoms with E-state index in [0.717, 1.165) is 17.9 Å². The maximum atomic E-state index is 5.71. The number of furan rings is 1. The van der Waals surface area contributed by atoms with Crippen LogP contribution in [0.1, 0.15) is 29.0 Å². The second-order valence-electron chi connectivity index (χ2n) is 4.60. The number of rotatable bonds is 7. The second kappa shape index (κ2) is 5.69. The van der Waals surface area contributed by atoms with Gasteiger partial charge in [0.05, 0.1) is 26.0 Å². The Labute approximate surface area is 111 Å². The predicted octanol–water partition coefficient (Wildman–Crippen LogP) is 3.31. The first-order valence-electron chi connectivity index (χ1n) is 6.30. The van der Waals surface area contributed by atoms with Crippen molar-refractivity contribution in [1.82, 2.24) is 5.32 Å². The first kappa shape index (κ1) is 12.0. The van der Waals surface area contributed by atoms with Crippen molar-refractivity contribution < 1.29 is 9.15 Å². The van der Waals surface area contributed by atoms with Gasteiger partial charge in [-0.1, -0.05) is 6.07 Å². The molecule has 0 radical (unpaired) electrons. The number of thiophene rings is 1. The van der Waals surface area contributed by atoms with Crippen LogP contribution in [0.15, 0.2) is 34.3 Å². The van der Waals surface area contributed by atoms with E-state index in [1.54, 1.807) is 17.6 Å². The molecule has 0 aromatic carbocycles. The lowest BCUT2D eigenvalue weighted by Gasteiger charge is -2.04. The quantitative estimate of drug-likeness (QED) is 0.832. The maximum absolute atomic E-state index is 5.71. The molecule has 3 rings (SSSR count). The van der Waals surface area contributed by atoms with E-state index in [0.29, 0.717) is 19.3 Å². The van der Waals surface area contributed by atoms with Crippen molar-refractivity contribution >= 4 is 11.3 Å². The summed E-state index contributed by atoms with van der Waals surface area (Å²) in [7, 11) is 0. The van der Waals surface area contributed by atoms with E-state index >= 15 is 0 Å². The molecule has 0 unspecified atom stereocenters. The van der Waals surface area contributed by atoms with Crippen LogP contribution in [0.25, 0.3) is 0 Å². The molecule has 18 heavy (non-hydrogen) atoms. The van der Waals surface area contributed by atoms with Crippen LogP contribution in [0.3, 0.4) is 0 Å². The van der Waals surface area contributed by atoms with E-state index in [-0.39, 0.29) is 0 Å². The topological polar surface area (TPSA) is 34.4 Å². The Morgan fingerprint density at radius 3 is 3.06 bits per heavy atom. The van der Waals surface area contributed by atoms with E-state index < -0.39 is 0 Å². The van der Waals surface area contributed by atoms with Crippen molar-refractivity contribution in [1.29, 1.82) is 0 Å². The van der Waals surface area contributed by atoms with Crippen molar-refractivity contribution in [2.75, 3.05) is 0 Å². The van der Waals surface area contributed by atoms with Crippen LogP contribution >= 0.6 is 11.3 Å². The van der Waals surface area contributed by atoms with Crippen LogP contribution in [0.4, 0.5) is 0 Å². The summed E-state index contributed by atoms with van der Waals surface area (Å²) in [5, 5.41) is 5.53. The molecule has 2 aromatic rings. The average Bonchev–Trinajstić information content (AvgIpc) is 2.89. The zero-order valence-corrected chi connectivity index (χ0v) is 11.0.